The topological polar surface area (TPSA) is 19.0 Å². The number of hydrogen-bond acceptors (Lipinski definition) is 1. The van der Waals surface area contributed by atoms with E-state index in [1.165, 1.54) is 59.8 Å². The van der Waals surface area contributed by atoms with Gasteiger partial charge in [0.25, 0.3) is 0 Å². The number of para-hydroxylation sites is 1. The van der Waals surface area contributed by atoms with E-state index in [1.54, 1.807) is 0 Å². The Bertz CT molecular complexity index is 893. The van der Waals surface area contributed by atoms with Crippen molar-refractivity contribution in [1.82, 2.24) is 9.88 Å². The summed E-state index contributed by atoms with van der Waals surface area (Å²) < 4.78 is 0. The summed E-state index contributed by atoms with van der Waals surface area (Å²) in [5, 5.41) is 1.41. The van der Waals surface area contributed by atoms with Gasteiger partial charge in [0.1, 0.15) is 0 Å². The second-order valence-electron chi connectivity index (χ2n) is 8.34. The lowest BCUT2D eigenvalue weighted by Crippen LogP contribution is -2.51. The Balaban J connectivity index is 2.03. The zero-order valence-corrected chi connectivity index (χ0v) is 17.0. The predicted octanol–water partition coefficient (Wildman–Crippen LogP) is 5.91. The Hall–Kier alpha value is -2.06. The molecular formula is C25H32N2. The molecule has 1 N–H and O–H groups in total. The molecule has 2 unspecified atom stereocenters. The van der Waals surface area contributed by atoms with Crippen LogP contribution < -0.4 is 0 Å². The number of aryl methyl sites for hydroxylation is 1. The lowest BCUT2D eigenvalue weighted by Gasteiger charge is -2.48. The van der Waals surface area contributed by atoms with Gasteiger partial charge in [0.15, 0.2) is 0 Å². The summed E-state index contributed by atoms with van der Waals surface area (Å²) in [6.07, 6.45) is 7.38. The fraction of sp³-hybridized carbons (Fsp3) is 0.440. The third kappa shape index (κ3) is 3.00. The van der Waals surface area contributed by atoms with Crippen molar-refractivity contribution in [2.45, 2.75) is 56.9 Å². The molecular weight excluding hydrogens is 328 g/mol. The van der Waals surface area contributed by atoms with Crippen molar-refractivity contribution in [3.05, 3.63) is 71.4 Å². The van der Waals surface area contributed by atoms with Gasteiger partial charge >= 0.3 is 0 Å². The molecule has 1 saturated carbocycles. The third-order valence-corrected chi connectivity index (χ3v) is 6.54. The van der Waals surface area contributed by atoms with Crippen LogP contribution in [0, 0.1) is 0 Å². The molecule has 0 spiro atoms. The van der Waals surface area contributed by atoms with Crippen molar-refractivity contribution < 1.29 is 0 Å². The van der Waals surface area contributed by atoms with Crippen LogP contribution in [-0.4, -0.2) is 30.0 Å². The summed E-state index contributed by atoms with van der Waals surface area (Å²) in [6.45, 7) is 2.30. The smallest absolute Gasteiger partial charge is 0.0511 e. The minimum atomic E-state index is 0.0343. The first kappa shape index (κ1) is 18.3. The van der Waals surface area contributed by atoms with E-state index in [-0.39, 0.29) is 5.41 Å². The maximum Gasteiger partial charge on any atom is 0.0511 e. The number of rotatable bonds is 5. The predicted molar refractivity (Wildman–Crippen MR) is 115 cm³/mol. The van der Waals surface area contributed by atoms with E-state index in [1.807, 2.05) is 0 Å². The summed E-state index contributed by atoms with van der Waals surface area (Å²) in [5.74, 6) is 0. The lowest BCUT2D eigenvalue weighted by molar-refractivity contribution is 0.144. The molecule has 1 aliphatic carbocycles. The Morgan fingerprint density at radius 2 is 1.74 bits per heavy atom. The number of benzene rings is 2. The normalized spacial score (nSPS) is 23.2. The molecule has 1 fully saturated rings. The Morgan fingerprint density at radius 1 is 1.00 bits per heavy atom. The Morgan fingerprint density at radius 3 is 2.48 bits per heavy atom. The maximum absolute atomic E-state index is 3.92. The van der Waals surface area contributed by atoms with Crippen LogP contribution in [0.4, 0.5) is 0 Å². The van der Waals surface area contributed by atoms with Gasteiger partial charge in [-0.1, -0.05) is 74.7 Å². The van der Waals surface area contributed by atoms with E-state index in [4.69, 9.17) is 0 Å². The minimum absolute atomic E-state index is 0.0343. The molecule has 3 aromatic rings. The van der Waals surface area contributed by atoms with Gasteiger partial charge in [-0.15, -0.1) is 0 Å². The summed E-state index contributed by atoms with van der Waals surface area (Å²) in [5.41, 5.74) is 5.79. The third-order valence-electron chi connectivity index (χ3n) is 6.54. The highest BCUT2D eigenvalue weighted by molar-refractivity contribution is 5.85. The van der Waals surface area contributed by atoms with Gasteiger partial charge in [-0.3, -0.25) is 0 Å². The molecule has 27 heavy (non-hydrogen) atoms. The van der Waals surface area contributed by atoms with Crippen LogP contribution in [0.1, 0.15) is 55.8 Å². The first-order chi connectivity index (χ1) is 13.2. The van der Waals surface area contributed by atoms with Gasteiger partial charge in [0.05, 0.1) is 5.41 Å². The van der Waals surface area contributed by atoms with E-state index < -0.39 is 0 Å². The van der Waals surface area contributed by atoms with Gasteiger partial charge in [-0.25, -0.2) is 0 Å². The highest BCUT2D eigenvalue weighted by Crippen LogP contribution is 2.48. The van der Waals surface area contributed by atoms with Crippen LogP contribution >= 0.6 is 0 Å². The standard InChI is InChI=1S/C25H32N2/c1-4-12-21-20-15-8-9-16-22(20)26-24(21)25(19-13-6-5-7-14-19)18-11-10-17-23(25)27(2)3/h5-9,13-16,23,26H,4,10-12,17-18H2,1-3H3. The monoisotopic (exact) mass is 360 g/mol. The number of nitrogens with one attached hydrogen (secondary N) is 1. The first-order valence-electron chi connectivity index (χ1n) is 10.5. The second-order valence-corrected chi connectivity index (χ2v) is 8.34. The zero-order chi connectivity index (χ0) is 18.9. The second kappa shape index (κ2) is 7.52. The van der Waals surface area contributed by atoms with E-state index in [9.17, 15) is 0 Å². The largest absolute Gasteiger partial charge is 0.357 e. The van der Waals surface area contributed by atoms with Gasteiger partial charge in [-0.2, -0.15) is 0 Å². The van der Waals surface area contributed by atoms with Crippen LogP contribution in [-0.2, 0) is 11.8 Å². The molecule has 2 atom stereocenters. The van der Waals surface area contributed by atoms with Crippen LogP contribution in [0.3, 0.4) is 0 Å². The molecule has 2 aromatic carbocycles. The van der Waals surface area contributed by atoms with Crippen molar-refractivity contribution >= 4 is 10.9 Å². The molecule has 0 saturated heterocycles. The van der Waals surface area contributed by atoms with Gasteiger partial charge in [0, 0.05) is 22.6 Å². The number of fused-ring (bicyclic) bond motifs is 1. The number of H-pyrrole nitrogens is 1. The van der Waals surface area contributed by atoms with Crippen LogP contribution in [0.15, 0.2) is 54.6 Å². The summed E-state index contributed by atoms with van der Waals surface area (Å²) >= 11 is 0. The molecule has 1 aromatic heterocycles. The number of hydrogen-bond donors (Lipinski definition) is 1. The molecule has 4 rings (SSSR count). The van der Waals surface area contributed by atoms with Crippen LogP contribution in [0.25, 0.3) is 10.9 Å². The SMILES string of the molecule is CCCc1c(C2(c3ccccc3)CCCCC2N(C)C)[nH]c2ccccc12. The molecule has 142 valence electrons. The van der Waals surface area contributed by atoms with Crippen molar-refractivity contribution in [2.24, 2.45) is 0 Å². The minimum Gasteiger partial charge on any atom is -0.357 e. The van der Waals surface area contributed by atoms with E-state index in [2.05, 4.69) is 85.5 Å². The average Bonchev–Trinajstić information content (AvgIpc) is 3.08. The highest BCUT2D eigenvalue weighted by Gasteiger charge is 2.47. The van der Waals surface area contributed by atoms with Crippen molar-refractivity contribution in [1.29, 1.82) is 0 Å². The molecule has 0 radical (unpaired) electrons. The van der Waals surface area contributed by atoms with Gasteiger partial charge in [-0.05, 0) is 50.6 Å². The Labute approximate surface area is 163 Å². The summed E-state index contributed by atoms with van der Waals surface area (Å²) in [6, 6.07) is 20.6. The fourth-order valence-electron chi connectivity index (χ4n) is 5.45. The molecule has 2 heteroatoms. The quantitative estimate of drug-likeness (QED) is 0.599. The number of aromatic nitrogens is 1. The van der Waals surface area contributed by atoms with Crippen LogP contribution in [0.5, 0.6) is 0 Å². The van der Waals surface area contributed by atoms with E-state index in [0.717, 1.165) is 6.42 Å². The molecule has 1 heterocycles. The molecule has 0 bridgehead atoms. The first-order valence-corrected chi connectivity index (χ1v) is 10.5. The van der Waals surface area contributed by atoms with Crippen molar-refractivity contribution in [3.8, 4) is 0 Å². The highest BCUT2D eigenvalue weighted by atomic mass is 15.1. The van der Waals surface area contributed by atoms with Gasteiger partial charge in [0.2, 0.25) is 0 Å². The summed E-state index contributed by atoms with van der Waals surface area (Å²) in [7, 11) is 4.52. The van der Waals surface area contributed by atoms with E-state index in [0.29, 0.717) is 6.04 Å². The van der Waals surface area contributed by atoms with Crippen molar-refractivity contribution in [2.75, 3.05) is 14.1 Å². The number of nitrogens with zero attached hydrogens (tertiary/aromatic N) is 1. The van der Waals surface area contributed by atoms with Crippen LogP contribution in [0.2, 0.25) is 0 Å². The molecule has 0 amide bonds. The van der Waals surface area contributed by atoms with Gasteiger partial charge < -0.3 is 9.88 Å². The number of likely N-dealkylation sites (N-methyl/N-ethyl adjacent to an activating group) is 1. The summed E-state index contributed by atoms with van der Waals surface area (Å²) in [4.78, 5) is 6.38. The molecule has 1 aliphatic rings. The fourth-order valence-corrected chi connectivity index (χ4v) is 5.45. The Kier molecular flexibility index (Phi) is 5.10. The molecule has 2 nitrogen and oxygen atoms in total. The lowest BCUT2D eigenvalue weighted by atomic mass is 9.62. The number of aromatic amines is 1. The van der Waals surface area contributed by atoms with Crippen molar-refractivity contribution in [3.63, 3.8) is 0 Å². The molecule has 0 aliphatic heterocycles. The van der Waals surface area contributed by atoms with E-state index >= 15 is 0 Å². The zero-order valence-electron chi connectivity index (χ0n) is 17.0. The maximum atomic E-state index is 3.92. The average molecular weight is 361 g/mol.